The molecule has 0 aromatic carbocycles. The summed E-state index contributed by atoms with van der Waals surface area (Å²) in [6, 6.07) is 2.18. The SMILES string of the molecule is Cn1ccc(Nc2nnc(CNC(C)(C)C)o2)n1. The molecule has 2 aromatic heterocycles. The molecule has 18 heavy (non-hydrogen) atoms. The van der Waals surface area contributed by atoms with E-state index in [0.29, 0.717) is 24.3 Å². The molecule has 0 aliphatic carbocycles. The molecule has 2 N–H and O–H groups in total. The van der Waals surface area contributed by atoms with Gasteiger partial charge in [0.2, 0.25) is 5.89 Å². The predicted molar refractivity (Wildman–Crippen MR) is 67.4 cm³/mol. The fraction of sp³-hybridized carbons (Fsp3) is 0.545. The highest BCUT2D eigenvalue weighted by Crippen LogP contribution is 2.12. The third-order valence-electron chi connectivity index (χ3n) is 2.19. The average Bonchev–Trinajstić information content (AvgIpc) is 2.85. The predicted octanol–water partition coefficient (Wildman–Crippen LogP) is 1.43. The van der Waals surface area contributed by atoms with Crippen LogP contribution in [0, 0.1) is 0 Å². The van der Waals surface area contributed by atoms with Crippen LogP contribution in [0.1, 0.15) is 26.7 Å². The zero-order chi connectivity index (χ0) is 13.2. The van der Waals surface area contributed by atoms with Crippen LogP contribution in [-0.2, 0) is 13.6 Å². The molecule has 2 rings (SSSR count). The topological polar surface area (TPSA) is 80.8 Å². The Labute approximate surface area is 106 Å². The quantitative estimate of drug-likeness (QED) is 0.854. The smallest absolute Gasteiger partial charge is 0.321 e. The first kappa shape index (κ1) is 12.6. The first-order valence-corrected chi connectivity index (χ1v) is 5.76. The van der Waals surface area contributed by atoms with Crippen molar-refractivity contribution in [2.75, 3.05) is 5.32 Å². The molecule has 98 valence electrons. The van der Waals surface area contributed by atoms with Crippen LogP contribution in [0.2, 0.25) is 0 Å². The van der Waals surface area contributed by atoms with Gasteiger partial charge in [-0.05, 0) is 20.8 Å². The Bertz CT molecular complexity index is 510. The summed E-state index contributed by atoms with van der Waals surface area (Å²) >= 11 is 0. The van der Waals surface area contributed by atoms with Gasteiger partial charge in [-0.15, -0.1) is 5.10 Å². The summed E-state index contributed by atoms with van der Waals surface area (Å²) in [5, 5.41) is 18.2. The minimum atomic E-state index is 0.0169. The number of aryl methyl sites for hydroxylation is 1. The van der Waals surface area contributed by atoms with E-state index in [-0.39, 0.29) is 5.54 Å². The number of nitrogens with zero attached hydrogens (tertiary/aromatic N) is 4. The van der Waals surface area contributed by atoms with E-state index in [1.807, 2.05) is 19.3 Å². The van der Waals surface area contributed by atoms with Crippen LogP contribution in [0.25, 0.3) is 0 Å². The van der Waals surface area contributed by atoms with Gasteiger partial charge in [0.1, 0.15) is 0 Å². The third-order valence-corrected chi connectivity index (χ3v) is 2.19. The molecular weight excluding hydrogens is 232 g/mol. The average molecular weight is 250 g/mol. The molecule has 2 heterocycles. The van der Waals surface area contributed by atoms with E-state index in [9.17, 15) is 0 Å². The van der Waals surface area contributed by atoms with Crippen molar-refractivity contribution in [1.82, 2.24) is 25.3 Å². The fourth-order valence-corrected chi connectivity index (χ4v) is 1.31. The monoisotopic (exact) mass is 250 g/mol. The Hall–Kier alpha value is -1.89. The van der Waals surface area contributed by atoms with Crippen molar-refractivity contribution in [3.8, 4) is 0 Å². The van der Waals surface area contributed by atoms with Gasteiger partial charge in [0.15, 0.2) is 5.82 Å². The molecule has 0 unspecified atom stereocenters. The van der Waals surface area contributed by atoms with E-state index < -0.39 is 0 Å². The van der Waals surface area contributed by atoms with Crippen molar-refractivity contribution < 1.29 is 4.42 Å². The van der Waals surface area contributed by atoms with E-state index >= 15 is 0 Å². The number of rotatable bonds is 4. The van der Waals surface area contributed by atoms with Crippen LogP contribution in [0.3, 0.4) is 0 Å². The maximum atomic E-state index is 5.45. The van der Waals surface area contributed by atoms with Crippen LogP contribution in [-0.4, -0.2) is 25.5 Å². The van der Waals surface area contributed by atoms with Crippen molar-refractivity contribution in [3.05, 3.63) is 18.2 Å². The lowest BCUT2D eigenvalue weighted by Gasteiger charge is -2.18. The molecular formula is C11H18N6O. The highest BCUT2D eigenvalue weighted by molar-refractivity contribution is 5.44. The van der Waals surface area contributed by atoms with Gasteiger partial charge in [-0.3, -0.25) is 10.00 Å². The van der Waals surface area contributed by atoms with Crippen LogP contribution in [0.15, 0.2) is 16.7 Å². The molecule has 0 saturated carbocycles. The lowest BCUT2D eigenvalue weighted by atomic mass is 10.1. The van der Waals surface area contributed by atoms with Gasteiger partial charge >= 0.3 is 6.01 Å². The maximum absolute atomic E-state index is 5.45. The molecule has 0 spiro atoms. The Kier molecular flexibility index (Phi) is 3.33. The van der Waals surface area contributed by atoms with Crippen molar-refractivity contribution >= 4 is 11.8 Å². The zero-order valence-electron chi connectivity index (χ0n) is 11.1. The zero-order valence-corrected chi connectivity index (χ0v) is 11.1. The summed E-state index contributed by atoms with van der Waals surface area (Å²) in [4.78, 5) is 0. The van der Waals surface area contributed by atoms with E-state index in [0.717, 1.165) is 0 Å². The minimum absolute atomic E-state index is 0.0169. The summed E-state index contributed by atoms with van der Waals surface area (Å²) in [6.45, 7) is 6.78. The summed E-state index contributed by atoms with van der Waals surface area (Å²) < 4.78 is 7.14. The summed E-state index contributed by atoms with van der Waals surface area (Å²) in [7, 11) is 1.84. The van der Waals surface area contributed by atoms with Crippen molar-refractivity contribution in [3.63, 3.8) is 0 Å². The second kappa shape index (κ2) is 4.77. The van der Waals surface area contributed by atoms with Crippen LogP contribution < -0.4 is 10.6 Å². The van der Waals surface area contributed by atoms with Gasteiger partial charge < -0.3 is 9.73 Å². The number of anilines is 2. The van der Waals surface area contributed by atoms with Crippen molar-refractivity contribution in [2.24, 2.45) is 7.05 Å². The Morgan fingerprint density at radius 1 is 1.33 bits per heavy atom. The van der Waals surface area contributed by atoms with Gasteiger partial charge in [-0.25, -0.2) is 0 Å². The highest BCUT2D eigenvalue weighted by Gasteiger charge is 2.12. The highest BCUT2D eigenvalue weighted by atomic mass is 16.4. The van der Waals surface area contributed by atoms with E-state index in [2.05, 4.69) is 46.7 Å². The van der Waals surface area contributed by atoms with E-state index in [1.54, 1.807) is 4.68 Å². The third kappa shape index (κ3) is 3.56. The molecule has 0 aliphatic heterocycles. The number of hydrogen-bond donors (Lipinski definition) is 2. The maximum Gasteiger partial charge on any atom is 0.321 e. The first-order valence-electron chi connectivity index (χ1n) is 5.76. The number of aromatic nitrogens is 4. The Balaban J connectivity index is 1.94. The standard InChI is InChI=1S/C11H18N6O/c1-11(2,3)12-7-9-14-15-10(18-9)13-8-5-6-17(4)16-8/h5-6,12H,7H2,1-4H3,(H,13,15,16). The van der Waals surface area contributed by atoms with Crippen LogP contribution >= 0.6 is 0 Å². The molecule has 7 nitrogen and oxygen atoms in total. The molecule has 7 heteroatoms. The van der Waals surface area contributed by atoms with E-state index in [4.69, 9.17) is 4.42 Å². The van der Waals surface area contributed by atoms with Gasteiger partial charge in [-0.2, -0.15) is 5.10 Å². The molecule has 0 saturated heterocycles. The summed E-state index contributed by atoms with van der Waals surface area (Å²) in [5.74, 6) is 1.22. The minimum Gasteiger partial charge on any atom is -0.406 e. The number of nitrogens with one attached hydrogen (secondary N) is 2. The normalized spacial score (nSPS) is 11.8. The summed E-state index contributed by atoms with van der Waals surface area (Å²) in [6.07, 6.45) is 1.83. The van der Waals surface area contributed by atoms with Gasteiger partial charge in [0.05, 0.1) is 6.54 Å². The molecule has 0 radical (unpaired) electrons. The largest absolute Gasteiger partial charge is 0.406 e. The van der Waals surface area contributed by atoms with Crippen LogP contribution in [0.4, 0.5) is 11.8 Å². The molecule has 2 aromatic rings. The van der Waals surface area contributed by atoms with Gasteiger partial charge in [-0.1, -0.05) is 5.10 Å². The molecule has 0 fully saturated rings. The molecule has 0 amide bonds. The molecule has 0 atom stereocenters. The lowest BCUT2D eigenvalue weighted by Crippen LogP contribution is -2.35. The molecule has 0 aliphatic rings. The van der Waals surface area contributed by atoms with Crippen molar-refractivity contribution in [1.29, 1.82) is 0 Å². The first-order chi connectivity index (χ1) is 8.42. The Morgan fingerprint density at radius 2 is 2.11 bits per heavy atom. The fourth-order valence-electron chi connectivity index (χ4n) is 1.31. The van der Waals surface area contributed by atoms with E-state index in [1.165, 1.54) is 0 Å². The number of hydrogen-bond acceptors (Lipinski definition) is 6. The van der Waals surface area contributed by atoms with Gasteiger partial charge in [0, 0.05) is 24.8 Å². The van der Waals surface area contributed by atoms with Crippen LogP contribution in [0.5, 0.6) is 0 Å². The second-order valence-electron chi connectivity index (χ2n) is 5.10. The molecule has 0 bridgehead atoms. The summed E-state index contributed by atoms with van der Waals surface area (Å²) in [5.41, 5.74) is 0.0169. The second-order valence-corrected chi connectivity index (χ2v) is 5.10. The Morgan fingerprint density at radius 3 is 2.72 bits per heavy atom. The lowest BCUT2D eigenvalue weighted by molar-refractivity contribution is 0.384. The van der Waals surface area contributed by atoms with Crippen molar-refractivity contribution in [2.45, 2.75) is 32.9 Å². The van der Waals surface area contributed by atoms with Gasteiger partial charge in [0.25, 0.3) is 0 Å².